The number of allylic oxidation sites excluding steroid dienone is 2. The zero-order chi connectivity index (χ0) is 11.3. The van der Waals surface area contributed by atoms with Gasteiger partial charge in [-0.05, 0) is 42.9 Å². The van der Waals surface area contributed by atoms with Crippen LogP contribution < -0.4 is 0 Å². The molecule has 2 saturated carbocycles. The van der Waals surface area contributed by atoms with Crippen LogP contribution in [0.5, 0.6) is 0 Å². The van der Waals surface area contributed by atoms with E-state index in [-0.39, 0.29) is 18.0 Å². The van der Waals surface area contributed by atoms with Crippen LogP contribution in [0.1, 0.15) is 33.1 Å². The lowest BCUT2D eigenvalue weighted by molar-refractivity contribution is -0.156. The van der Waals surface area contributed by atoms with E-state index in [0.717, 1.165) is 24.2 Å². The molecule has 0 aromatic rings. The van der Waals surface area contributed by atoms with Crippen LogP contribution in [0, 0.1) is 29.6 Å². The van der Waals surface area contributed by atoms with E-state index in [1.54, 1.807) is 0 Å². The van der Waals surface area contributed by atoms with Crippen LogP contribution in [0.4, 0.5) is 0 Å². The number of esters is 1. The third kappa shape index (κ3) is 1.42. The first-order chi connectivity index (χ1) is 7.66. The Morgan fingerprint density at radius 3 is 2.88 bits per heavy atom. The molecule has 3 aliphatic carbocycles. The van der Waals surface area contributed by atoms with E-state index < -0.39 is 0 Å². The lowest BCUT2D eigenvalue weighted by Crippen LogP contribution is -2.33. The molecule has 16 heavy (non-hydrogen) atoms. The highest BCUT2D eigenvalue weighted by Crippen LogP contribution is 2.57. The summed E-state index contributed by atoms with van der Waals surface area (Å²) in [4.78, 5) is 11.6. The molecule has 0 unspecified atom stereocenters. The van der Waals surface area contributed by atoms with Crippen LogP contribution in [-0.2, 0) is 9.53 Å². The number of rotatable bonds is 2. The van der Waals surface area contributed by atoms with Gasteiger partial charge in [-0.3, -0.25) is 4.79 Å². The van der Waals surface area contributed by atoms with Crippen molar-refractivity contribution in [3.8, 4) is 0 Å². The molecule has 0 heterocycles. The third-order valence-corrected chi connectivity index (χ3v) is 4.68. The van der Waals surface area contributed by atoms with E-state index in [1.807, 2.05) is 13.8 Å². The second kappa shape index (κ2) is 3.61. The van der Waals surface area contributed by atoms with E-state index in [2.05, 4.69) is 12.2 Å². The molecule has 0 N–H and O–H groups in total. The lowest BCUT2D eigenvalue weighted by Gasteiger charge is -2.31. The van der Waals surface area contributed by atoms with Crippen LogP contribution in [0.25, 0.3) is 0 Å². The number of fused-ring (bicyclic) bond motifs is 5. The fourth-order valence-electron chi connectivity index (χ4n) is 3.92. The molecule has 88 valence electrons. The van der Waals surface area contributed by atoms with Gasteiger partial charge in [0.15, 0.2) is 0 Å². The molecule has 0 spiro atoms. The highest BCUT2D eigenvalue weighted by molar-refractivity contribution is 5.71. The summed E-state index contributed by atoms with van der Waals surface area (Å²) < 4.78 is 5.65. The molecule has 0 amide bonds. The Morgan fingerprint density at radius 1 is 1.31 bits per heavy atom. The van der Waals surface area contributed by atoms with Crippen molar-refractivity contribution in [2.75, 3.05) is 0 Å². The number of carbonyl (C=O) groups is 1. The van der Waals surface area contributed by atoms with Crippen molar-refractivity contribution in [1.29, 1.82) is 0 Å². The minimum atomic E-state index is -0.0138. The SMILES string of the molecule is CC(C)C(=O)O[C@H]1C[C@H]2C[C@@H]1[C@@H]1CC=C[C@H]21. The summed E-state index contributed by atoms with van der Waals surface area (Å²) in [5.41, 5.74) is 0. The van der Waals surface area contributed by atoms with Gasteiger partial charge in [0.25, 0.3) is 0 Å². The average molecular weight is 220 g/mol. The van der Waals surface area contributed by atoms with Gasteiger partial charge >= 0.3 is 5.97 Å². The van der Waals surface area contributed by atoms with E-state index in [9.17, 15) is 4.79 Å². The van der Waals surface area contributed by atoms with Crippen LogP contribution >= 0.6 is 0 Å². The van der Waals surface area contributed by atoms with Gasteiger partial charge in [0.1, 0.15) is 6.10 Å². The minimum absolute atomic E-state index is 0.0108. The van der Waals surface area contributed by atoms with Gasteiger partial charge < -0.3 is 4.74 Å². The molecule has 3 aliphatic rings. The first-order valence-corrected chi connectivity index (χ1v) is 6.54. The summed E-state index contributed by atoms with van der Waals surface area (Å²) in [7, 11) is 0. The van der Waals surface area contributed by atoms with Crippen molar-refractivity contribution in [3.05, 3.63) is 12.2 Å². The van der Waals surface area contributed by atoms with Crippen molar-refractivity contribution >= 4 is 5.97 Å². The van der Waals surface area contributed by atoms with Crippen LogP contribution in [0.15, 0.2) is 12.2 Å². The van der Waals surface area contributed by atoms with Gasteiger partial charge in [-0.25, -0.2) is 0 Å². The van der Waals surface area contributed by atoms with Gasteiger partial charge in [-0.15, -0.1) is 0 Å². The minimum Gasteiger partial charge on any atom is -0.462 e. The number of carbonyl (C=O) groups excluding carboxylic acids is 1. The van der Waals surface area contributed by atoms with Gasteiger partial charge in [0.2, 0.25) is 0 Å². The van der Waals surface area contributed by atoms with Crippen molar-refractivity contribution in [1.82, 2.24) is 0 Å². The summed E-state index contributed by atoms with van der Waals surface area (Å²) in [6.45, 7) is 3.82. The monoisotopic (exact) mass is 220 g/mol. The van der Waals surface area contributed by atoms with Crippen molar-refractivity contribution < 1.29 is 9.53 Å². The van der Waals surface area contributed by atoms with E-state index in [0.29, 0.717) is 5.92 Å². The molecular weight excluding hydrogens is 200 g/mol. The third-order valence-electron chi connectivity index (χ3n) is 4.68. The van der Waals surface area contributed by atoms with E-state index >= 15 is 0 Å². The maximum atomic E-state index is 11.6. The number of ether oxygens (including phenoxy) is 1. The smallest absolute Gasteiger partial charge is 0.308 e. The topological polar surface area (TPSA) is 26.3 Å². The fraction of sp³-hybridized carbons (Fsp3) is 0.786. The zero-order valence-electron chi connectivity index (χ0n) is 10.1. The molecule has 2 nitrogen and oxygen atoms in total. The molecule has 0 radical (unpaired) electrons. The Balaban J connectivity index is 1.67. The predicted molar refractivity (Wildman–Crippen MR) is 61.7 cm³/mol. The molecule has 3 rings (SSSR count). The number of hydrogen-bond donors (Lipinski definition) is 0. The second-order valence-electron chi connectivity index (χ2n) is 5.93. The van der Waals surface area contributed by atoms with Crippen molar-refractivity contribution in [2.24, 2.45) is 29.6 Å². The Kier molecular flexibility index (Phi) is 2.34. The molecule has 0 aromatic heterocycles. The summed E-state index contributed by atoms with van der Waals surface area (Å²) in [6, 6.07) is 0. The molecule has 0 saturated heterocycles. The first kappa shape index (κ1) is 10.4. The molecule has 0 aromatic carbocycles. The predicted octanol–water partition coefficient (Wildman–Crippen LogP) is 2.79. The first-order valence-electron chi connectivity index (χ1n) is 6.54. The van der Waals surface area contributed by atoms with Gasteiger partial charge in [0.05, 0.1) is 5.92 Å². The van der Waals surface area contributed by atoms with Gasteiger partial charge in [-0.2, -0.15) is 0 Å². The summed E-state index contributed by atoms with van der Waals surface area (Å²) >= 11 is 0. The standard InChI is InChI=1S/C14H20O2/c1-8(2)14(15)16-13-7-9-6-12(13)11-5-3-4-10(9)11/h3-4,8-13H,5-7H2,1-2H3/t9-,10-,11-,12-,13+/m1/s1. The van der Waals surface area contributed by atoms with Crippen LogP contribution in [-0.4, -0.2) is 12.1 Å². The van der Waals surface area contributed by atoms with Gasteiger partial charge in [-0.1, -0.05) is 26.0 Å². The average Bonchev–Trinajstić information content (AvgIpc) is 2.87. The molecule has 2 bridgehead atoms. The summed E-state index contributed by atoms with van der Waals surface area (Å²) in [5, 5.41) is 0. The van der Waals surface area contributed by atoms with Crippen LogP contribution in [0.2, 0.25) is 0 Å². The van der Waals surface area contributed by atoms with Crippen LogP contribution in [0.3, 0.4) is 0 Å². The van der Waals surface area contributed by atoms with Crippen molar-refractivity contribution in [3.63, 3.8) is 0 Å². The molecule has 2 heteroatoms. The second-order valence-corrected chi connectivity index (χ2v) is 5.93. The fourth-order valence-corrected chi connectivity index (χ4v) is 3.92. The highest BCUT2D eigenvalue weighted by atomic mass is 16.5. The van der Waals surface area contributed by atoms with E-state index in [4.69, 9.17) is 4.74 Å². The van der Waals surface area contributed by atoms with Gasteiger partial charge in [0, 0.05) is 0 Å². The summed E-state index contributed by atoms with van der Waals surface area (Å²) in [6.07, 6.45) is 8.55. The molecule has 2 fully saturated rings. The van der Waals surface area contributed by atoms with Crippen molar-refractivity contribution in [2.45, 2.75) is 39.2 Å². The normalized spacial score (nSPS) is 44.1. The molecule has 0 aliphatic heterocycles. The Labute approximate surface area is 97.1 Å². The lowest BCUT2D eigenvalue weighted by atomic mass is 9.80. The van der Waals surface area contributed by atoms with E-state index in [1.165, 1.54) is 12.8 Å². The Hall–Kier alpha value is -0.790. The quantitative estimate of drug-likeness (QED) is 0.528. The largest absolute Gasteiger partial charge is 0.462 e. The number of hydrogen-bond acceptors (Lipinski definition) is 2. The highest BCUT2D eigenvalue weighted by Gasteiger charge is 2.53. The maximum absolute atomic E-state index is 11.6. The molecular formula is C14H20O2. The molecule has 5 atom stereocenters. The Morgan fingerprint density at radius 2 is 2.12 bits per heavy atom. The zero-order valence-corrected chi connectivity index (χ0v) is 10.1. The maximum Gasteiger partial charge on any atom is 0.308 e. The Bertz CT molecular complexity index is 332. The summed E-state index contributed by atoms with van der Waals surface area (Å²) in [5.74, 6) is 3.02.